The minimum absolute atomic E-state index is 0.588. The molecule has 2 aromatic carbocycles. The summed E-state index contributed by atoms with van der Waals surface area (Å²) >= 11 is 0. The van der Waals surface area contributed by atoms with Crippen molar-refractivity contribution in [3.8, 4) is 5.75 Å². The average molecular weight is 255 g/mol. The van der Waals surface area contributed by atoms with Gasteiger partial charge in [-0.3, -0.25) is 0 Å². The summed E-state index contributed by atoms with van der Waals surface area (Å²) in [6.45, 7) is 4.82. The smallest absolute Gasteiger partial charge is 0.122 e. The van der Waals surface area contributed by atoms with E-state index in [1.165, 1.54) is 16.7 Å². The Kier molecular flexibility index (Phi) is 4.45. The molecule has 2 aromatic rings. The molecule has 0 aliphatic heterocycles. The van der Waals surface area contributed by atoms with Gasteiger partial charge in [-0.05, 0) is 36.6 Å². The van der Waals surface area contributed by atoms with E-state index >= 15 is 0 Å². The van der Waals surface area contributed by atoms with Gasteiger partial charge in [0.2, 0.25) is 0 Å². The third-order valence-electron chi connectivity index (χ3n) is 3.33. The van der Waals surface area contributed by atoms with Crippen molar-refractivity contribution in [2.24, 2.45) is 0 Å². The normalized spacial score (nSPS) is 10.3. The first kappa shape index (κ1) is 13.5. The van der Waals surface area contributed by atoms with Crippen LogP contribution in [-0.2, 0) is 13.0 Å². The summed E-state index contributed by atoms with van der Waals surface area (Å²) in [4.78, 5) is 0. The third kappa shape index (κ3) is 3.28. The Morgan fingerprint density at radius 2 is 1.89 bits per heavy atom. The number of rotatable bonds is 5. The molecule has 0 amide bonds. The summed E-state index contributed by atoms with van der Waals surface area (Å²) in [6.07, 6.45) is 1.05. The molecule has 2 heteroatoms. The van der Waals surface area contributed by atoms with Crippen LogP contribution in [0.1, 0.15) is 23.6 Å². The molecule has 0 fully saturated rings. The van der Waals surface area contributed by atoms with Gasteiger partial charge >= 0.3 is 0 Å². The van der Waals surface area contributed by atoms with Crippen molar-refractivity contribution < 1.29 is 4.74 Å². The van der Waals surface area contributed by atoms with Crippen molar-refractivity contribution >= 4 is 5.69 Å². The van der Waals surface area contributed by atoms with E-state index in [0.717, 1.165) is 17.9 Å². The molecule has 0 saturated heterocycles. The molecule has 0 bridgehead atoms. The van der Waals surface area contributed by atoms with Crippen LogP contribution in [0.5, 0.6) is 5.75 Å². The fourth-order valence-corrected chi connectivity index (χ4v) is 2.08. The molecule has 2 nitrogen and oxygen atoms in total. The maximum Gasteiger partial charge on any atom is 0.122 e. The summed E-state index contributed by atoms with van der Waals surface area (Å²) in [5, 5.41) is 3.24. The number of aryl methyl sites for hydroxylation is 2. The highest BCUT2D eigenvalue weighted by atomic mass is 16.5. The fraction of sp³-hybridized carbons (Fsp3) is 0.294. The van der Waals surface area contributed by atoms with Gasteiger partial charge in [0.25, 0.3) is 0 Å². The summed E-state index contributed by atoms with van der Waals surface area (Å²) in [5.41, 5.74) is 4.83. The second-order valence-electron chi connectivity index (χ2n) is 4.65. The van der Waals surface area contributed by atoms with E-state index in [9.17, 15) is 0 Å². The van der Waals surface area contributed by atoms with Gasteiger partial charge in [-0.15, -0.1) is 0 Å². The SMILES string of the molecule is CCc1ccc(COc2ccccc2C)c(NC)c1. The Labute approximate surface area is 115 Å². The lowest BCUT2D eigenvalue weighted by atomic mass is 10.1. The first-order valence-corrected chi connectivity index (χ1v) is 6.72. The fourth-order valence-electron chi connectivity index (χ4n) is 2.08. The minimum Gasteiger partial charge on any atom is -0.489 e. The zero-order chi connectivity index (χ0) is 13.7. The van der Waals surface area contributed by atoms with E-state index in [2.05, 4.69) is 43.4 Å². The molecular weight excluding hydrogens is 234 g/mol. The Hall–Kier alpha value is -1.96. The van der Waals surface area contributed by atoms with E-state index in [1.54, 1.807) is 0 Å². The molecule has 0 saturated carbocycles. The van der Waals surface area contributed by atoms with Gasteiger partial charge in [-0.25, -0.2) is 0 Å². The highest BCUT2D eigenvalue weighted by Crippen LogP contribution is 2.22. The van der Waals surface area contributed by atoms with E-state index in [-0.39, 0.29) is 0 Å². The zero-order valence-electron chi connectivity index (χ0n) is 11.9. The predicted molar refractivity (Wildman–Crippen MR) is 80.9 cm³/mol. The molecule has 1 N–H and O–H groups in total. The Bertz CT molecular complexity index is 549. The number of anilines is 1. The number of hydrogen-bond donors (Lipinski definition) is 1. The largest absolute Gasteiger partial charge is 0.489 e. The van der Waals surface area contributed by atoms with Crippen molar-refractivity contribution in [3.63, 3.8) is 0 Å². The standard InChI is InChI=1S/C17H21NO/c1-4-14-9-10-15(16(11-14)18-3)12-19-17-8-6-5-7-13(17)2/h5-11,18H,4,12H2,1-3H3. The summed E-state index contributed by atoms with van der Waals surface area (Å²) in [5.74, 6) is 0.948. The molecule has 0 aromatic heterocycles. The lowest BCUT2D eigenvalue weighted by Crippen LogP contribution is -2.02. The third-order valence-corrected chi connectivity index (χ3v) is 3.33. The van der Waals surface area contributed by atoms with Crippen LogP contribution in [0.3, 0.4) is 0 Å². The van der Waals surface area contributed by atoms with E-state index < -0.39 is 0 Å². The van der Waals surface area contributed by atoms with Crippen LogP contribution < -0.4 is 10.1 Å². The molecule has 0 unspecified atom stereocenters. The molecule has 0 atom stereocenters. The summed E-state index contributed by atoms with van der Waals surface area (Å²) < 4.78 is 5.90. The van der Waals surface area contributed by atoms with Gasteiger partial charge in [0, 0.05) is 18.3 Å². The number of benzene rings is 2. The molecule has 0 aliphatic rings. The quantitative estimate of drug-likeness (QED) is 0.865. The molecule has 0 heterocycles. The average Bonchev–Trinajstić information content (AvgIpc) is 2.46. The first-order valence-electron chi connectivity index (χ1n) is 6.72. The number of hydrogen-bond acceptors (Lipinski definition) is 2. The van der Waals surface area contributed by atoms with Gasteiger partial charge in [0.15, 0.2) is 0 Å². The minimum atomic E-state index is 0.588. The van der Waals surface area contributed by atoms with Crippen molar-refractivity contribution in [2.75, 3.05) is 12.4 Å². The Morgan fingerprint density at radius 1 is 1.11 bits per heavy atom. The van der Waals surface area contributed by atoms with Gasteiger partial charge in [0.05, 0.1) is 0 Å². The molecule has 0 spiro atoms. The van der Waals surface area contributed by atoms with Crippen molar-refractivity contribution in [1.29, 1.82) is 0 Å². The summed E-state index contributed by atoms with van der Waals surface area (Å²) in [6, 6.07) is 14.6. The highest BCUT2D eigenvalue weighted by Gasteiger charge is 2.04. The number of ether oxygens (including phenoxy) is 1. The van der Waals surface area contributed by atoms with Crippen molar-refractivity contribution in [2.45, 2.75) is 26.9 Å². The van der Waals surface area contributed by atoms with Crippen molar-refractivity contribution in [3.05, 3.63) is 59.2 Å². The van der Waals surface area contributed by atoms with Crippen LogP contribution in [0.15, 0.2) is 42.5 Å². The van der Waals surface area contributed by atoms with E-state index in [0.29, 0.717) is 6.61 Å². The molecular formula is C17H21NO. The van der Waals surface area contributed by atoms with Crippen LogP contribution in [0.2, 0.25) is 0 Å². The van der Waals surface area contributed by atoms with Crippen LogP contribution in [0.25, 0.3) is 0 Å². The van der Waals surface area contributed by atoms with Gasteiger partial charge < -0.3 is 10.1 Å². The molecule has 2 rings (SSSR count). The van der Waals surface area contributed by atoms with Gasteiger partial charge in [0.1, 0.15) is 12.4 Å². The first-order chi connectivity index (χ1) is 9.24. The lowest BCUT2D eigenvalue weighted by molar-refractivity contribution is 0.304. The second-order valence-corrected chi connectivity index (χ2v) is 4.65. The summed E-state index contributed by atoms with van der Waals surface area (Å²) in [7, 11) is 1.95. The molecule has 0 aliphatic carbocycles. The molecule has 100 valence electrons. The van der Waals surface area contributed by atoms with Crippen LogP contribution in [0, 0.1) is 6.92 Å². The zero-order valence-corrected chi connectivity index (χ0v) is 11.9. The monoisotopic (exact) mass is 255 g/mol. The van der Waals surface area contributed by atoms with E-state index in [4.69, 9.17) is 4.74 Å². The van der Waals surface area contributed by atoms with E-state index in [1.807, 2.05) is 25.2 Å². The second kappa shape index (κ2) is 6.28. The van der Waals surface area contributed by atoms with Crippen LogP contribution in [-0.4, -0.2) is 7.05 Å². The maximum atomic E-state index is 5.90. The van der Waals surface area contributed by atoms with Crippen molar-refractivity contribution in [1.82, 2.24) is 0 Å². The maximum absolute atomic E-state index is 5.90. The number of para-hydroxylation sites is 1. The Balaban J connectivity index is 2.13. The Morgan fingerprint density at radius 3 is 2.58 bits per heavy atom. The topological polar surface area (TPSA) is 21.3 Å². The van der Waals surface area contributed by atoms with Gasteiger partial charge in [-0.2, -0.15) is 0 Å². The molecule has 0 radical (unpaired) electrons. The predicted octanol–water partition coefficient (Wildman–Crippen LogP) is 4.18. The van der Waals surface area contributed by atoms with Crippen LogP contribution >= 0.6 is 0 Å². The van der Waals surface area contributed by atoms with Gasteiger partial charge in [-0.1, -0.05) is 37.3 Å². The number of nitrogens with one attached hydrogen (secondary N) is 1. The highest BCUT2D eigenvalue weighted by molar-refractivity contribution is 5.53. The van der Waals surface area contributed by atoms with Crippen LogP contribution in [0.4, 0.5) is 5.69 Å². The lowest BCUT2D eigenvalue weighted by Gasteiger charge is -2.13. The molecule has 19 heavy (non-hydrogen) atoms.